The molecule has 0 aromatic carbocycles. The van der Waals surface area contributed by atoms with Gasteiger partial charge in [0.05, 0.1) is 18.5 Å². The van der Waals surface area contributed by atoms with Crippen LogP contribution in [0.15, 0.2) is 0 Å². The normalized spacial score (nSPS) is 16.2. The number of hydrogen-bond donors (Lipinski definition) is 2. The zero-order chi connectivity index (χ0) is 13.9. The highest BCUT2D eigenvalue weighted by atomic mass is 32.2. The standard InChI is InChI=1S/C12H21NO5S/c14-11(13-4-8-19-9-12(15)16)3-7-18-10-1-5-17-6-2-10/h10H,1-9H2,(H,13,14)(H,15,16). The Labute approximate surface area is 117 Å². The van der Waals surface area contributed by atoms with Crippen molar-refractivity contribution >= 4 is 23.6 Å². The number of aliphatic carboxylic acids is 1. The number of hydrogen-bond acceptors (Lipinski definition) is 5. The second-order valence-corrected chi connectivity index (χ2v) is 5.33. The number of ether oxygens (including phenoxy) is 2. The molecule has 0 radical (unpaired) electrons. The molecule has 1 saturated heterocycles. The molecule has 0 aliphatic carbocycles. The molecule has 0 aromatic rings. The van der Waals surface area contributed by atoms with Gasteiger partial charge in [0.1, 0.15) is 0 Å². The second-order valence-electron chi connectivity index (χ2n) is 4.23. The van der Waals surface area contributed by atoms with Crippen molar-refractivity contribution in [1.29, 1.82) is 0 Å². The lowest BCUT2D eigenvalue weighted by Gasteiger charge is -2.22. The largest absolute Gasteiger partial charge is 0.481 e. The van der Waals surface area contributed by atoms with E-state index in [1.54, 1.807) is 0 Å². The first-order valence-corrected chi connectivity index (χ1v) is 7.59. The van der Waals surface area contributed by atoms with Crippen molar-refractivity contribution in [2.45, 2.75) is 25.4 Å². The summed E-state index contributed by atoms with van der Waals surface area (Å²) >= 11 is 1.29. The first-order chi connectivity index (χ1) is 9.18. The summed E-state index contributed by atoms with van der Waals surface area (Å²) in [5, 5.41) is 11.2. The quantitative estimate of drug-likeness (QED) is 0.602. The molecule has 1 aliphatic heterocycles. The van der Waals surface area contributed by atoms with E-state index in [0.29, 0.717) is 25.3 Å². The lowest BCUT2D eigenvalue weighted by Crippen LogP contribution is -2.29. The molecule has 1 heterocycles. The highest BCUT2D eigenvalue weighted by Gasteiger charge is 2.14. The Morgan fingerprint density at radius 3 is 2.79 bits per heavy atom. The SMILES string of the molecule is O=C(O)CSCCNC(=O)CCOC1CCOCC1. The summed E-state index contributed by atoms with van der Waals surface area (Å²) in [5.41, 5.74) is 0. The van der Waals surface area contributed by atoms with E-state index >= 15 is 0 Å². The van der Waals surface area contributed by atoms with Gasteiger partial charge in [0.2, 0.25) is 5.91 Å². The maximum absolute atomic E-state index is 11.4. The molecular weight excluding hydrogens is 270 g/mol. The summed E-state index contributed by atoms with van der Waals surface area (Å²) in [4.78, 5) is 21.7. The van der Waals surface area contributed by atoms with E-state index in [1.165, 1.54) is 11.8 Å². The van der Waals surface area contributed by atoms with Crippen LogP contribution in [0.3, 0.4) is 0 Å². The fourth-order valence-electron chi connectivity index (χ4n) is 1.67. The number of thioether (sulfide) groups is 1. The average molecular weight is 291 g/mol. The maximum atomic E-state index is 11.4. The van der Waals surface area contributed by atoms with E-state index in [0.717, 1.165) is 26.1 Å². The third-order valence-electron chi connectivity index (χ3n) is 2.65. The molecule has 1 fully saturated rings. The van der Waals surface area contributed by atoms with Gasteiger partial charge in [-0.05, 0) is 12.8 Å². The van der Waals surface area contributed by atoms with Crippen LogP contribution in [0.5, 0.6) is 0 Å². The fourth-order valence-corrected chi connectivity index (χ4v) is 2.24. The molecule has 0 atom stereocenters. The first kappa shape index (κ1) is 16.3. The third kappa shape index (κ3) is 8.85. The van der Waals surface area contributed by atoms with Gasteiger partial charge in [-0.3, -0.25) is 9.59 Å². The van der Waals surface area contributed by atoms with Crippen LogP contribution in [-0.4, -0.2) is 61.0 Å². The summed E-state index contributed by atoms with van der Waals surface area (Å²) in [6.45, 7) is 2.39. The van der Waals surface area contributed by atoms with Crippen molar-refractivity contribution in [2.24, 2.45) is 0 Å². The summed E-state index contributed by atoms with van der Waals surface area (Å²) in [6.07, 6.45) is 2.36. The van der Waals surface area contributed by atoms with Crippen molar-refractivity contribution < 1.29 is 24.2 Å². The predicted molar refractivity (Wildman–Crippen MR) is 72.4 cm³/mol. The van der Waals surface area contributed by atoms with Gasteiger partial charge in [0, 0.05) is 31.9 Å². The van der Waals surface area contributed by atoms with Crippen molar-refractivity contribution in [3.05, 3.63) is 0 Å². The van der Waals surface area contributed by atoms with E-state index in [4.69, 9.17) is 14.6 Å². The monoisotopic (exact) mass is 291 g/mol. The highest BCUT2D eigenvalue weighted by Crippen LogP contribution is 2.10. The van der Waals surface area contributed by atoms with Crippen LogP contribution in [0.2, 0.25) is 0 Å². The van der Waals surface area contributed by atoms with Gasteiger partial charge in [-0.1, -0.05) is 0 Å². The molecule has 0 spiro atoms. The number of rotatable bonds is 9. The van der Waals surface area contributed by atoms with E-state index in [9.17, 15) is 9.59 Å². The molecular formula is C12H21NO5S. The van der Waals surface area contributed by atoms with Gasteiger partial charge in [-0.25, -0.2) is 0 Å². The predicted octanol–water partition coefficient (Wildman–Crippen LogP) is 0.506. The summed E-state index contributed by atoms with van der Waals surface area (Å²) < 4.78 is 10.8. The van der Waals surface area contributed by atoms with E-state index in [2.05, 4.69) is 5.32 Å². The molecule has 1 rings (SSSR count). The highest BCUT2D eigenvalue weighted by molar-refractivity contribution is 7.99. The lowest BCUT2D eigenvalue weighted by molar-refractivity contribution is -0.134. The molecule has 1 amide bonds. The van der Waals surface area contributed by atoms with Crippen molar-refractivity contribution in [2.75, 3.05) is 37.9 Å². The Bertz CT molecular complexity index is 281. The van der Waals surface area contributed by atoms with Gasteiger partial charge >= 0.3 is 5.97 Å². The van der Waals surface area contributed by atoms with Gasteiger partial charge < -0.3 is 19.9 Å². The minimum atomic E-state index is -0.832. The summed E-state index contributed by atoms with van der Waals surface area (Å²) in [6, 6.07) is 0. The lowest BCUT2D eigenvalue weighted by atomic mass is 10.1. The number of amides is 1. The van der Waals surface area contributed by atoms with Crippen LogP contribution in [0, 0.1) is 0 Å². The molecule has 0 unspecified atom stereocenters. The summed E-state index contributed by atoms with van der Waals surface area (Å²) in [7, 11) is 0. The minimum Gasteiger partial charge on any atom is -0.481 e. The third-order valence-corrected chi connectivity index (χ3v) is 3.59. The Kier molecular flexibility index (Phi) is 8.61. The Morgan fingerprint density at radius 1 is 1.37 bits per heavy atom. The molecule has 0 aromatic heterocycles. The van der Waals surface area contributed by atoms with Crippen LogP contribution in [0.4, 0.5) is 0 Å². The molecule has 1 aliphatic rings. The van der Waals surface area contributed by atoms with Crippen LogP contribution >= 0.6 is 11.8 Å². The summed E-state index contributed by atoms with van der Waals surface area (Å²) in [5.74, 6) is -0.203. The van der Waals surface area contributed by atoms with Crippen molar-refractivity contribution in [3.63, 3.8) is 0 Å². The Balaban J connectivity index is 1.91. The zero-order valence-electron chi connectivity index (χ0n) is 10.9. The minimum absolute atomic E-state index is 0.0528. The van der Waals surface area contributed by atoms with Gasteiger partial charge in [0.15, 0.2) is 0 Å². The smallest absolute Gasteiger partial charge is 0.313 e. The van der Waals surface area contributed by atoms with E-state index in [-0.39, 0.29) is 17.8 Å². The van der Waals surface area contributed by atoms with E-state index < -0.39 is 5.97 Å². The number of nitrogens with one attached hydrogen (secondary N) is 1. The number of carbonyl (C=O) groups excluding carboxylic acids is 1. The Morgan fingerprint density at radius 2 is 2.11 bits per heavy atom. The van der Waals surface area contributed by atoms with Crippen LogP contribution in [-0.2, 0) is 19.1 Å². The molecule has 0 bridgehead atoms. The Hall–Kier alpha value is -0.790. The van der Waals surface area contributed by atoms with Crippen molar-refractivity contribution in [3.8, 4) is 0 Å². The van der Waals surface area contributed by atoms with Crippen LogP contribution in [0.25, 0.3) is 0 Å². The van der Waals surface area contributed by atoms with Gasteiger partial charge in [-0.2, -0.15) is 0 Å². The van der Waals surface area contributed by atoms with Crippen molar-refractivity contribution in [1.82, 2.24) is 5.32 Å². The number of carboxylic acid groups (broad SMARTS) is 1. The van der Waals surface area contributed by atoms with Crippen LogP contribution in [0.1, 0.15) is 19.3 Å². The van der Waals surface area contributed by atoms with Gasteiger partial charge in [-0.15, -0.1) is 11.8 Å². The zero-order valence-corrected chi connectivity index (χ0v) is 11.7. The fraction of sp³-hybridized carbons (Fsp3) is 0.833. The maximum Gasteiger partial charge on any atom is 0.313 e. The number of carbonyl (C=O) groups is 2. The second kappa shape index (κ2) is 10.1. The molecule has 0 saturated carbocycles. The van der Waals surface area contributed by atoms with E-state index in [1.807, 2.05) is 0 Å². The molecule has 6 nitrogen and oxygen atoms in total. The molecule has 7 heteroatoms. The molecule has 19 heavy (non-hydrogen) atoms. The molecule has 2 N–H and O–H groups in total. The number of carboxylic acids is 1. The average Bonchev–Trinajstić information content (AvgIpc) is 2.39. The van der Waals surface area contributed by atoms with Crippen LogP contribution < -0.4 is 5.32 Å². The topological polar surface area (TPSA) is 84.9 Å². The first-order valence-electron chi connectivity index (χ1n) is 6.44. The van der Waals surface area contributed by atoms with Gasteiger partial charge in [0.25, 0.3) is 0 Å². The molecule has 110 valence electrons.